The molecule has 0 radical (unpaired) electrons. The SMILES string of the molecule is O=c1c([O-])c(-c2ccccc2)oc2ccccc12.[Cu+].c1ccc([PH+](c2ccccc2)c2ccccc2)cc1.c1ccc([PH+](c2ccccc2)c2ccccc2)cc1. The summed E-state index contributed by atoms with van der Waals surface area (Å²) in [6.45, 7) is 0. The molecular formula is C51H41CuO3P2+2. The predicted octanol–water partition coefficient (Wildman–Crippen LogP) is 8.89. The molecular weight excluding hydrogens is 786 g/mol. The number of hydrogen-bond acceptors (Lipinski definition) is 3. The van der Waals surface area contributed by atoms with Crippen LogP contribution in [0.4, 0.5) is 0 Å². The molecule has 0 aliphatic rings. The zero-order chi connectivity index (χ0) is 38.4. The number of hydrogen-bond donors (Lipinski definition) is 0. The molecule has 0 aliphatic carbocycles. The van der Waals surface area contributed by atoms with Gasteiger partial charge in [-0.1, -0.05) is 152 Å². The summed E-state index contributed by atoms with van der Waals surface area (Å²) >= 11 is 0. The Bertz CT molecular complexity index is 2290. The molecule has 0 fully saturated rings. The van der Waals surface area contributed by atoms with Crippen LogP contribution in [0.15, 0.2) is 246 Å². The second-order valence-electron chi connectivity index (χ2n) is 12.9. The quantitative estimate of drug-likeness (QED) is 0.119. The average molecular weight is 827 g/mol. The van der Waals surface area contributed by atoms with Gasteiger partial charge in [-0.05, 0) is 90.7 Å². The van der Waals surface area contributed by atoms with Crippen LogP contribution >= 0.6 is 15.8 Å². The van der Waals surface area contributed by atoms with Crippen molar-refractivity contribution in [2.75, 3.05) is 0 Å². The van der Waals surface area contributed by atoms with Crippen molar-refractivity contribution in [3.05, 3.63) is 247 Å². The molecule has 0 unspecified atom stereocenters. The Balaban J connectivity index is 0.000000143. The van der Waals surface area contributed by atoms with Crippen LogP contribution in [0.1, 0.15) is 0 Å². The minimum Gasteiger partial charge on any atom is -0.867 e. The van der Waals surface area contributed by atoms with Gasteiger partial charge in [0.15, 0.2) is 5.43 Å². The van der Waals surface area contributed by atoms with Gasteiger partial charge in [-0.15, -0.1) is 0 Å². The molecule has 0 bridgehead atoms. The first-order valence-corrected chi connectivity index (χ1v) is 21.5. The first-order chi connectivity index (χ1) is 27.7. The third kappa shape index (κ3) is 10.5. The molecule has 0 saturated heterocycles. The first kappa shape index (κ1) is 40.8. The zero-order valence-corrected chi connectivity index (χ0v) is 34.0. The van der Waals surface area contributed by atoms with Gasteiger partial charge < -0.3 is 9.52 Å². The van der Waals surface area contributed by atoms with E-state index in [1.807, 2.05) is 6.07 Å². The number of fused-ring (bicyclic) bond motifs is 1. The Morgan fingerprint density at radius 1 is 0.351 bits per heavy atom. The van der Waals surface area contributed by atoms with Crippen molar-refractivity contribution in [3.63, 3.8) is 0 Å². The van der Waals surface area contributed by atoms with E-state index in [1.54, 1.807) is 48.5 Å². The number of para-hydroxylation sites is 1. The summed E-state index contributed by atoms with van der Waals surface area (Å²) < 4.78 is 5.55. The third-order valence-electron chi connectivity index (χ3n) is 9.17. The van der Waals surface area contributed by atoms with Gasteiger partial charge in [0.1, 0.15) is 43.2 Å². The second kappa shape index (κ2) is 20.9. The smallest absolute Gasteiger partial charge is 0.867 e. The normalized spacial score (nSPS) is 10.4. The van der Waals surface area contributed by atoms with Crippen molar-refractivity contribution in [2.45, 2.75) is 0 Å². The molecule has 8 aromatic carbocycles. The van der Waals surface area contributed by atoms with Crippen LogP contribution in [0, 0.1) is 0 Å². The van der Waals surface area contributed by atoms with Gasteiger partial charge in [0.25, 0.3) is 0 Å². The molecule has 0 spiro atoms. The van der Waals surface area contributed by atoms with E-state index in [2.05, 4.69) is 182 Å². The van der Waals surface area contributed by atoms with Crippen LogP contribution in [0.25, 0.3) is 22.3 Å². The van der Waals surface area contributed by atoms with Gasteiger partial charge in [-0.3, -0.25) is 4.79 Å². The molecule has 0 aliphatic heterocycles. The summed E-state index contributed by atoms with van der Waals surface area (Å²) in [5.41, 5.74) is 0.530. The molecule has 0 atom stereocenters. The fourth-order valence-corrected chi connectivity index (χ4v) is 11.7. The Morgan fingerprint density at radius 3 is 0.930 bits per heavy atom. The van der Waals surface area contributed by atoms with E-state index in [4.69, 9.17) is 4.42 Å². The molecule has 9 rings (SSSR count). The van der Waals surface area contributed by atoms with Crippen molar-refractivity contribution in [3.8, 4) is 17.1 Å². The molecule has 1 aromatic heterocycles. The van der Waals surface area contributed by atoms with Crippen LogP contribution in [0.5, 0.6) is 5.75 Å². The van der Waals surface area contributed by atoms with Gasteiger partial charge in [-0.2, -0.15) is 0 Å². The summed E-state index contributed by atoms with van der Waals surface area (Å²) in [4.78, 5) is 11.9. The van der Waals surface area contributed by atoms with Crippen LogP contribution in [0.3, 0.4) is 0 Å². The molecule has 6 heteroatoms. The van der Waals surface area contributed by atoms with E-state index in [0.29, 0.717) is 16.5 Å². The van der Waals surface area contributed by atoms with Gasteiger partial charge >= 0.3 is 17.1 Å². The molecule has 3 nitrogen and oxygen atoms in total. The largest absolute Gasteiger partial charge is 1.00 e. The second-order valence-corrected chi connectivity index (χ2v) is 17.9. The maximum atomic E-state index is 12.0. The van der Waals surface area contributed by atoms with Crippen molar-refractivity contribution in [2.24, 2.45) is 0 Å². The maximum absolute atomic E-state index is 12.0. The molecule has 0 saturated carbocycles. The standard InChI is InChI=1S/2C18H15P.C15H10O3.Cu/c2*1-4-10-16(11-5-1)19(17-12-6-2-7-13-17)18-14-8-3-9-15-18;16-13-11-8-4-5-9-12(11)18-15(14(13)17)10-6-2-1-3-7-10;/h2*1-15H;1-9,17H;/q;;;+1/p+1. The summed E-state index contributed by atoms with van der Waals surface area (Å²) in [6.07, 6.45) is 0. The summed E-state index contributed by atoms with van der Waals surface area (Å²) in [5.74, 6) is -0.501. The topological polar surface area (TPSA) is 53.3 Å². The van der Waals surface area contributed by atoms with Crippen molar-refractivity contribution in [1.82, 2.24) is 0 Å². The van der Waals surface area contributed by atoms with Crippen LogP contribution < -0.4 is 42.4 Å². The van der Waals surface area contributed by atoms with E-state index >= 15 is 0 Å². The number of rotatable bonds is 7. The van der Waals surface area contributed by atoms with E-state index in [0.717, 1.165) is 0 Å². The maximum Gasteiger partial charge on any atom is 1.00 e. The van der Waals surface area contributed by atoms with Crippen LogP contribution in [-0.2, 0) is 17.1 Å². The average Bonchev–Trinajstić information content (AvgIpc) is 3.28. The Labute approximate surface area is 347 Å². The summed E-state index contributed by atoms with van der Waals surface area (Å²) in [5, 5.41) is 20.9. The minimum atomic E-state index is -0.877. The Kier molecular flexibility index (Phi) is 15.0. The molecule has 282 valence electrons. The molecule has 57 heavy (non-hydrogen) atoms. The molecule has 0 amide bonds. The van der Waals surface area contributed by atoms with Gasteiger partial charge in [-0.25, -0.2) is 0 Å². The van der Waals surface area contributed by atoms with E-state index in [9.17, 15) is 9.90 Å². The van der Waals surface area contributed by atoms with Gasteiger partial charge in [0.05, 0.1) is 21.2 Å². The minimum absolute atomic E-state index is 0. The monoisotopic (exact) mass is 826 g/mol. The molecule has 9 aromatic rings. The van der Waals surface area contributed by atoms with E-state index < -0.39 is 27.0 Å². The third-order valence-corrected chi connectivity index (χ3v) is 14.6. The van der Waals surface area contributed by atoms with E-state index in [1.165, 1.54) is 31.8 Å². The van der Waals surface area contributed by atoms with Crippen molar-refractivity contribution >= 4 is 58.6 Å². The fraction of sp³-hybridized carbons (Fsp3) is 0. The fourth-order valence-electron chi connectivity index (χ4n) is 6.53. The summed E-state index contributed by atoms with van der Waals surface area (Å²) in [6, 6.07) is 80.7. The van der Waals surface area contributed by atoms with Crippen LogP contribution in [-0.4, -0.2) is 0 Å². The zero-order valence-electron chi connectivity index (χ0n) is 31.0. The van der Waals surface area contributed by atoms with E-state index in [-0.39, 0.29) is 22.8 Å². The number of benzene rings is 8. The van der Waals surface area contributed by atoms with Crippen molar-refractivity contribution in [1.29, 1.82) is 0 Å². The van der Waals surface area contributed by atoms with Gasteiger partial charge in [0.2, 0.25) is 0 Å². The van der Waals surface area contributed by atoms with Crippen molar-refractivity contribution < 1.29 is 26.6 Å². The summed E-state index contributed by atoms with van der Waals surface area (Å²) in [7, 11) is -1.75. The molecule has 1 heterocycles. The van der Waals surface area contributed by atoms with Gasteiger partial charge in [0, 0.05) is 5.56 Å². The Morgan fingerprint density at radius 2 is 0.614 bits per heavy atom. The van der Waals surface area contributed by atoms with Crippen LogP contribution in [0.2, 0.25) is 0 Å². The Hall–Kier alpha value is -5.85. The molecule has 0 N–H and O–H groups in total. The first-order valence-electron chi connectivity index (χ1n) is 18.5. The predicted molar refractivity (Wildman–Crippen MR) is 240 cm³/mol.